The zero-order chi connectivity index (χ0) is 18.2. The van der Waals surface area contributed by atoms with Gasteiger partial charge in [-0.25, -0.2) is 13.1 Å². The van der Waals surface area contributed by atoms with Crippen LogP contribution in [0.25, 0.3) is 10.9 Å². The first kappa shape index (κ1) is 18.3. The van der Waals surface area contributed by atoms with Crippen LogP contribution in [0, 0.1) is 0 Å². The summed E-state index contributed by atoms with van der Waals surface area (Å²) in [4.78, 5) is 3.32. The number of rotatable bonds is 5. The molecule has 2 N–H and O–H groups in total. The third-order valence-corrected chi connectivity index (χ3v) is 6.36. The number of para-hydroxylation sites is 1. The zero-order valence-corrected chi connectivity index (χ0v) is 16.1. The number of aromatic amines is 1. The summed E-state index contributed by atoms with van der Waals surface area (Å²) in [5, 5.41) is 1.61. The molecule has 7 heteroatoms. The van der Waals surface area contributed by atoms with Gasteiger partial charge in [0.25, 0.3) is 0 Å². The average molecular weight is 397 g/mol. The summed E-state index contributed by atoms with van der Waals surface area (Å²) in [6, 6.07) is 12.2. The molecule has 0 saturated heterocycles. The van der Waals surface area contributed by atoms with Crippen LogP contribution in [-0.2, 0) is 15.4 Å². The molecule has 0 unspecified atom stereocenters. The van der Waals surface area contributed by atoms with E-state index in [1.54, 1.807) is 0 Å². The maximum atomic E-state index is 12.6. The molecule has 0 aliphatic carbocycles. The molecule has 0 bridgehead atoms. The van der Waals surface area contributed by atoms with Crippen molar-refractivity contribution in [2.75, 3.05) is 6.54 Å². The zero-order valence-electron chi connectivity index (χ0n) is 13.8. The monoisotopic (exact) mass is 396 g/mol. The molecular formula is C18H18Cl2N2O2S. The van der Waals surface area contributed by atoms with E-state index in [1.165, 1.54) is 18.2 Å². The van der Waals surface area contributed by atoms with Gasteiger partial charge < -0.3 is 4.98 Å². The van der Waals surface area contributed by atoms with Crippen LogP contribution in [0.1, 0.15) is 19.4 Å². The quantitative estimate of drug-likeness (QED) is 0.654. The minimum atomic E-state index is -3.68. The van der Waals surface area contributed by atoms with Crippen LogP contribution in [-0.4, -0.2) is 19.9 Å². The Hall–Kier alpha value is -1.53. The number of benzene rings is 2. The van der Waals surface area contributed by atoms with Crippen molar-refractivity contribution in [1.82, 2.24) is 9.71 Å². The Kier molecular flexibility index (Phi) is 4.86. The first-order valence-corrected chi connectivity index (χ1v) is 9.96. The molecule has 2 aromatic carbocycles. The van der Waals surface area contributed by atoms with Crippen molar-refractivity contribution in [1.29, 1.82) is 0 Å². The molecule has 0 fully saturated rings. The lowest BCUT2D eigenvalue weighted by atomic mass is 9.85. The molecule has 0 atom stereocenters. The Morgan fingerprint density at radius 1 is 1.08 bits per heavy atom. The standard InChI is InChI=1S/C18H18Cl2N2O2S/c1-18(2,14-10-21-17-6-4-3-5-13(14)17)11-22-25(23,24)12-7-8-15(19)16(20)9-12/h3-10,21-22H,11H2,1-2H3. The van der Waals surface area contributed by atoms with E-state index in [9.17, 15) is 8.42 Å². The number of nitrogens with one attached hydrogen (secondary N) is 2. The van der Waals surface area contributed by atoms with Crippen molar-refractivity contribution in [3.8, 4) is 0 Å². The van der Waals surface area contributed by atoms with E-state index >= 15 is 0 Å². The number of aromatic nitrogens is 1. The summed E-state index contributed by atoms with van der Waals surface area (Å²) in [5.41, 5.74) is 1.68. The van der Waals surface area contributed by atoms with Crippen LogP contribution < -0.4 is 4.72 Å². The van der Waals surface area contributed by atoms with Gasteiger partial charge >= 0.3 is 0 Å². The minimum Gasteiger partial charge on any atom is -0.361 e. The summed E-state index contributed by atoms with van der Waals surface area (Å²) in [6.07, 6.45) is 1.93. The third kappa shape index (κ3) is 3.70. The van der Waals surface area contributed by atoms with E-state index in [1.807, 2.05) is 44.3 Å². The van der Waals surface area contributed by atoms with Crippen molar-refractivity contribution in [2.45, 2.75) is 24.2 Å². The Bertz CT molecular complexity index is 1030. The highest BCUT2D eigenvalue weighted by atomic mass is 35.5. The Morgan fingerprint density at radius 3 is 2.52 bits per heavy atom. The maximum absolute atomic E-state index is 12.6. The van der Waals surface area contributed by atoms with Gasteiger partial charge in [0.2, 0.25) is 10.0 Å². The van der Waals surface area contributed by atoms with E-state index in [-0.39, 0.29) is 16.5 Å². The summed E-state index contributed by atoms with van der Waals surface area (Å²) in [5.74, 6) is 0. The summed E-state index contributed by atoms with van der Waals surface area (Å²) in [7, 11) is -3.68. The smallest absolute Gasteiger partial charge is 0.240 e. The van der Waals surface area contributed by atoms with Gasteiger partial charge in [0.05, 0.1) is 14.9 Å². The second-order valence-corrected chi connectivity index (χ2v) is 9.11. The fourth-order valence-corrected chi connectivity index (χ4v) is 4.33. The molecule has 3 aromatic rings. The summed E-state index contributed by atoms with van der Waals surface area (Å²) in [6.45, 7) is 4.25. The van der Waals surface area contributed by atoms with E-state index < -0.39 is 15.4 Å². The lowest BCUT2D eigenvalue weighted by Gasteiger charge is -2.25. The van der Waals surface area contributed by atoms with Crippen molar-refractivity contribution in [3.05, 3.63) is 64.3 Å². The predicted molar refractivity (Wildman–Crippen MR) is 103 cm³/mol. The summed E-state index contributed by atoms with van der Waals surface area (Å²) < 4.78 is 27.8. The molecule has 1 aromatic heterocycles. The highest BCUT2D eigenvalue weighted by Gasteiger charge is 2.27. The predicted octanol–water partition coefficient (Wildman–Crippen LogP) is 4.73. The number of fused-ring (bicyclic) bond motifs is 1. The van der Waals surface area contributed by atoms with Gasteiger partial charge in [0, 0.05) is 29.1 Å². The van der Waals surface area contributed by atoms with Gasteiger partial charge in [-0.05, 0) is 29.8 Å². The lowest BCUT2D eigenvalue weighted by molar-refractivity contribution is 0.505. The van der Waals surface area contributed by atoms with Gasteiger partial charge in [-0.15, -0.1) is 0 Å². The number of hydrogen-bond donors (Lipinski definition) is 2. The molecule has 25 heavy (non-hydrogen) atoms. The minimum absolute atomic E-state index is 0.0941. The van der Waals surface area contributed by atoms with Crippen LogP contribution in [0.15, 0.2) is 53.6 Å². The van der Waals surface area contributed by atoms with Crippen LogP contribution >= 0.6 is 23.2 Å². The number of sulfonamides is 1. The largest absolute Gasteiger partial charge is 0.361 e. The highest BCUT2D eigenvalue weighted by Crippen LogP contribution is 2.30. The first-order chi connectivity index (χ1) is 11.7. The molecule has 0 saturated carbocycles. The van der Waals surface area contributed by atoms with Crippen LogP contribution in [0.5, 0.6) is 0 Å². The summed E-state index contributed by atoms with van der Waals surface area (Å²) >= 11 is 11.8. The molecular weight excluding hydrogens is 379 g/mol. The van der Waals surface area contributed by atoms with E-state index in [0.717, 1.165) is 16.5 Å². The molecule has 0 radical (unpaired) electrons. The molecule has 0 aliphatic rings. The number of hydrogen-bond acceptors (Lipinski definition) is 2. The SMILES string of the molecule is CC(C)(CNS(=O)(=O)c1ccc(Cl)c(Cl)c1)c1c[nH]c2ccccc12. The fraction of sp³-hybridized carbons (Fsp3) is 0.222. The van der Waals surface area contributed by atoms with Gasteiger partial charge in [0.15, 0.2) is 0 Å². The van der Waals surface area contributed by atoms with Gasteiger partial charge in [0.1, 0.15) is 0 Å². The van der Waals surface area contributed by atoms with Crippen LogP contribution in [0.4, 0.5) is 0 Å². The van der Waals surface area contributed by atoms with E-state index in [0.29, 0.717) is 5.02 Å². The molecule has 0 amide bonds. The van der Waals surface area contributed by atoms with Gasteiger partial charge in [-0.3, -0.25) is 0 Å². The molecule has 1 heterocycles. The van der Waals surface area contributed by atoms with Crippen molar-refractivity contribution in [2.24, 2.45) is 0 Å². The Labute approximate surface area is 157 Å². The Morgan fingerprint density at radius 2 is 1.80 bits per heavy atom. The lowest BCUT2D eigenvalue weighted by Crippen LogP contribution is -2.36. The molecule has 4 nitrogen and oxygen atoms in total. The second kappa shape index (κ2) is 6.65. The van der Waals surface area contributed by atoms with Gasteiger partial charge in [-0.1, -0.05) is 55.2 Å². The first-order valence-electron chi connectivity index (χ1n) is 7.72. The topological polar surface area (TPSA) is 62.0 Å². The van der Waals surface area contributed by atoms with E-state index in [2.05, 4.69) is 9.71 Å². The third-order valence-electron chi connectivity index (χ3n) is 4.22. The van der Waals surface area contributed by atoms with Crippen molar-refractivity contribution in [3.63, 3.8) is 0 Å². The molecule has 0 aliphatic heterocycles. The van der Waals surface area contributed by atoms with Gasteiger partial charge in [-0.2, -0.15) is 0 Å². The molecule has 0 spiro atoms. The van der Waals surface area contributed by atoms with Crippen LogP contribution in [0.2, 0.25) is 10.0 Å². The average Bonchev–Trinajstić information content (AvgIpc) is 3.00. The molecule has 3 rings (SSSR count). The second-order valence-electron chi connectivity index (χ2n) is 6.53. The van der Waals surface area contributed by atoms with E-state index in [4.69, 9.17) is 23.2 Å². The molecule has 132 valence electrons. The Balaban J connectivity index is 1.85. The number of H-pyrrole nitrogens is 1. The van der Waals surface area contributed by atoms with Crippen molar-refractivity contribution < 1.29 is 8.42 Å². The van der Waals surface area contributed by atoms with Crippen LogP contribution in [0.3, 0.4) is 0 Å². The fourth-order valence-electron chi connectivity index (χ4n) is 2.73. The number of halogens is 2. The maximum Gasteiger partial charge on any atom is 0.240 e. The highest BCUT2D eigenvalue weighted by molar-refractivity contribution is 7.89. The van der Waals surface area contributed by atoms with Crippen molar-refractivity contribution >= 4 is 44.1 Å². The normalized spacial score (nSPS) is 12.6.